The Morgan fingerprint density at radius 1 is 1.40 bits per heavy atom. The number of amidine groups is 1. The summed E-state index contributed by atoms with van der Waals surface area (Å²) in [6.45, 7) is 0. The Morgan fingerprint density at radius 2 is 2.10 bits per heavy atom. The lowest BCUT2D eigenvalue weighted by atomic mass is 10.2. The summed E-state index contributed by atoms with van der Waals surface area (Å²) in [4.78, 5) is 0. The van der Waals surface area contributed by atoms with Crippen molar-refractivity contribution in [3.8, 4) is 5.69 Å². The van der Waals surface area contributed by atoms with Crippen molar-refractivity contribution in [2.75, 3.05) is 0 Å². The highest BCUT2D eigenvalue weighted by molar-refractivity contribution is 9.10. The zero-order chi connectivity index (χ0) is 14.9. The van der Waals surface area contributed by atoms with E-state index in [1.165, 1.54) is 18.2 Å². The van der Waals surface area contributed by atoms with Gasteiger partial charge in [0.2, 0.25) is 0 Å². The van der Waals surface area contributed by atoms with Gasteiger partial charge in [-0.2, -0.15) is 18.3 Å². The van der Waals surface area contributed by atoms with E-state index in [1.54, 1.807) is 0 Å². The van der Waals surface area contributed by atoms with E-state index in [0.717, 1.165) is 17.1 Å². The molecule has 0 saturated heterocycles. The van der Waals surface area contributed by atoms with Crippen LogP contribution in [-0.2, 0) is 6.18 Å². The van der Waals surface area contributed by atoms with E-state index < -0.39 is 11.7 Å². The molecule has 0 fully saturated rings. The van der Waals surface area contributed by atoms with Crippen LogP contribution in [0.5, 0.6) is 0 Å². The molecule has 0 amide bonds. The lowest BCUT2D eigenvalue weighted by Crippen LogP contribution is -2.14. The molecule has 0 atom stereocenters. The molecule has 106 valence electrons. The Bertz CT molecular complexity index is 666. The van der Waals surface area contributed by atoms with Crippen molar-refractivity contribution in [1.29, 1.82) is 0 Å². The third-order valence-corrected chi connectivity index (χ3v) is 3.17. The van der Waals surface area contributed by atoms with Gasteiger partial charge in [-0.05, 0) is 34.1 Å². The number of aromatic nitrogens is 2. The van der Waals surface area contributed by atoms with Crippen LogP contribution in [0.4, 0.5) is 13.2 Å². The molecule has 20 heavy (non-hydrogen) atoms. The molecule has 5 nitrogen and oxygen atoms in total. The van der Waals surface area contributed by atoms with Gasteiger partial charge in [-0.1, -0.05) is 5.16 Å². The van der Waals surface area contributed by atoms with Crippen LogP contribution in [0.2, 0.25) is 0 Å². The molecule has 1 aromatic heterocycles. The van der Waals surface area contributed by atoms with Gasteiger partial charge < -0.3 is 10.9 Å². The van der Waals surface area contributed by atoms with Crippen molar-refractivity contribution in [2.45, 2.75) is 6.18 Å². The molecular weight excluding hydrogens is 341 g/mol. The smallest absolute Gasteiger partial charge is 0.409 e. The van der Waals surface area contributed by atoms with Crippen LogP contribution in [0.15, 0.2) is 40.2 Å². The molecule has 0 unspecified atom stereocenters. The molecule has 0 radical (unpaired) electrons. The lowest BCUT2D eigenvalue weighted by molar-refractivity contribution is -0.137. The number of nitrogens with zero attached hydrogens (tertiary/aromatic N) is 3. The second-order valence-corrected chi connectivity index (χ2v) is 4.68. The van der Waals surface area contributed by atoms with Crippen molar-refractivity contribution in [1.82, 2.24) is 9.78 Å². The summed E-state index contributed by atoms with van der Waals surface area (Å²) in [5, 5.41) is 15.1. The van der Waals surface area contributed by atoms with E-state index in [-0.39, 0.29) is 5.84 Å². The normalized spacial score (nSPS) is 12.7. The molecule has 1 aromatic carbocycles. The second kappa shape index (κ2) is 5.16. The SMILES string of the molecule is N/C(=N/O)c1ccc(-n2cc(C(F)(F)F)cn2)cc1Br. The average Bonchev–Trinajstić information content (AvgIpc) is 2.87. The van der Waals surface area contributed by atoms with E-state index in [9.17, 15) is 13.2 Å². The van der Waals surface area contributed by atoms with Crippen molar-refractivity contribution in [3.63, 3.8) is 0 Å². The topological polar surface area (TPSA) is 76.4 Å². The van der Waals surface area contributed by atoms with Gasteiger partial charge in [-0.3, -0.25) is 0 Å². The average molecular weight is 349 g/mol. The lowest BCUT2D eigenvalue weighted by Gasteiger charge is -2.06. The standard InChI is InChI=1S/C11H8BrF3N4O/c12-9-3-7(1-2-8(9)10(16)18-20)19-5-6(4-17-19)11(13,14)15/h1-5,20H,(H2,16,18). The molecule has 0 saturated carbocycles. The van der Waals surface area contributed by atoms with Crippen LogP contribution < -0.4 is 5.73 Å². The molecule has 0 spiro atoms. The highest BCUT2D eigenvalue weighted by Crippen LogP contribution is 2.29. The van der Waals surface area contributed by atoms with Gasteiger partial charge in [-0.25, -0.2) is 4.68 Å². The van der Waals surface area contributed by atoms with E-state index in [4.69, 9.17) is 10.9 Å². The highest BCUT2D eigenvalue weighted by Gasteiger charge is 2.32. The first-order valence-electron chi connectivity index (χ1n) is 5.22. The third-order valence-electron chi connectivity index (χ3n) is 2.51. The maximum Gasteiger partial charge on any atom is 0.419 e. The molecule has 0 aliphatic carbocycles. The van der Waals surface area contributed by atoms with Crippen molar-refractivity contribution in [2.24, 2.45) is 10.9 Å². The first kappa shape index (κ1) is 14.4. The summed E-state index contributed by atoms with van der Waals surface area (Å²) < 4.78 is 39.0. The number of oxime groups is 1. The fourth-order valence-corrected chi connectivity index (χ4v) is 2.09. The minimum atomic E-state index is -4.44. The van der Waals surface area contributed by atoms with Crippen LogP contribution >= 0.6 is 15.9 Å². The summed E-state index contributed by atoms with van der Waals surface area (Å²) in [5.41, 5.74) is 5.43. The molecule has 0 aliphatic heterocycles. The zero-order valence-corrected chi connectivity index (χ0v) is 11.4. The van der Waals surface area contributed by atoms with Crippen molar-refractivity contribution >= 4 is 21.8 Å². The van der Waals surface area contributed by atoms with E-state index in [0.29, 0.717) is 15.7 Å². The van der Waals surface area contributed by atoms with Crippen LogP contribution in [0.3, 0.4) is 0 Å². The fourth-order valence-electron chi connectivity index (χ4n) is 1.52. The van der Waals surface area contributed by atoms with Crippen LogP contribution in [0.1, 0.15) is 11.1 Å². The maximum absolute atomic E-state index is 12.5. The second-order valence-electron chi connectivity index (χ2n) is 3.82. The van der Waals surface area contributed by atoms with Crippen LogP contribution in [0, 0.1) is 0 Å². The number of rotatable bonds is 2. The van der Waals surface area contributed by atoms with Crippen molar-refractivity contribution in [3.05, 3.63) is 46.2 Å². The van der Waals surface area contributed by atoms with Gasteiger partial charge in [-0.15, -0.1) is 0 Å². The number of hydrogen-bond acceptors (Lipinski definition) is 3. The number of halogens is 4. The minimum absolute atomic E-state index is 0.111. The van der Waals surface area contributed by atoms with Gasteiger partial charge in [0.15, 0.2) is 5.84 Å². The van der Waals surface area contributed by atoms with Gasteiger partial charge in [0.05, 0.1) is 17.4 Å². The first-order chi connectivity index (χ1) is 9.32. The third kappa shape index (κ3) is 2.77. The summed E-state index contributed by atoms with van der Waals surface area (Å²) in [7, 11) is 0. The Hall–Kier alpha value is -2.03. The fraction of sp³-hybridized carbons (Fsp3) is 0.0909. The summed E-state index contributed by atoms with van der Waals surface area (Å²) in [6, 6.07) is 4.52. The highest BCUT2D eigenvalue weighted by atomic mass is 79.9. The van der Waals surface area contributed by atoms with Gasteiger partial charge in [0.25, 0.3) is 0 Å². The maximum atomic E-state index is 12.5. The molecule has 2 aromatic rings. The Kier molecular flexibility index (Phi) is 3.71. The summed E-state index contributed by atoms with van der Waals surface area (Å²) in [5.74, 6) is -0.111. The Morgan fingerprint density at radius 3 is 2.60 bits per heavy atom. The number of alkyl halides is 3. The van der Waals surface area contributed by atoms with Crippen LogP contribution in [-0.4, -0.2) is 20.8 Å². The number of benzene rings is 1. The molecule has 0 bridgehead atoms. The van der Waals surface area contributed by atoms with E-state index in [2.05, 4.69) is 26.2 Å². The van der Waals surface area contributed by atoms with Gasteiger partial charge >= 0.3 is 6.18 Å². The molecule has 3 N–H and O–H groups in total. The predicted octanol–water partition coefficient (Wildman–Crippen LogP) is 2.75. The van der Waals surface area contributed by atoms with Crippen LogP contribution in [0.25, 0.3) is 5.69 Å². The van der Waals surface area contributed by atoms with Gasteiger partial charge in [0, 0.05) is 16.2 Å². The Balaban J connectivity index is 2.40. The molecular formula is C11H8BrF3N4O. The minimum Gasteiger partial charge on any atom is -0.409 e. The monoisotopic (exact) mass is 348 g/mol. The quantitative estimate of drug-likeness (QED) is 0.379. The van der Waals surface area contributed by atoms with Gasteiger partial charge in [0.1, 0.15) is 0 Å². The largest absolute Gasteiger partial charge is 0.419 e. The predicted molar refractivity (Wildman–Crippen MR) is 68.8 cm³/mol. The zero-order valence-electron chi connectivity index (χ0n) is 9.76. The first-order valence-corrected chi connectivity index (χ1v) is 6.02. The summed E-state index contributed by atoms with van der Waals surface area (Å²) in [6.07, 6.45) is -2.82. The Labute approximate surface area is 119 Å². The number of nitrogens with two attached hydrogens (primary N) is 1. The number of hydrogen-bond donors (Lipinski definition) is 2. The molecule has 9 heteroatoms. The van der Waals surface area contributed by atoms with E-state index >= 15 is 0 Å². The summed E-state index contributed by atoms with van der Waals surface area (Å²) >= 11 is 3.20. The van der Waals surface area contributed by atoms with E-state index in [1.807, 2.05) is 0 Å². The molecule has 0 aliphatic rings. The molecule has 2 rings (SSSR count). The molecule has 1 heterocycles. The van der Waals surface area contributed by atoms with Crippen molar-refractivity contribution < 1.29 is 18.4 Å².